The zero-order valence-electron chi connectivity index (χ0n) is 17.3. The normalized spacial score (nSPS) is 16.4. The molecule has 168 valence electrons. The Morgan fingerprint density at radius 3 is 2.87 bits per heavy atom. The lowest BCUT2D eigenvalue weighted by Gasteiger charge is -2.22. The number of halogens is 1. The highest BCUT2D eigenvalue weighted by Crippen LogP contribution is 2.24. The summed E-state index contributed by atoms with van der Waals surface area (Å²) < 4.78 is 38.7. The summed E-state index contributed by atoms with van der Waals surface area (Å²) >= 11 is 6.17. The van der Waals surface area contributed by atoms with E-state index in [0.29, 0.717) is 25.5 Å². The number of sulfonamides is 1. The van der Waals surface area contributed by atoms with Gasteiger partial charge in [0.25, 0.3) is 5.91 Å². The fourth-order valence-electron chi connectivity index (χ4n) is 3.25. The van der Waals surface area contributed by atoms with Crippen molar-refractivity contribution in [3.8, 4) is 0 Å². The fourth-order valence-corrected chi connectivity index (χ4v) is 4.84. The molecular weight excluding hydrogens is 442 g/mol. The third-order valence-corrected chi connectivity index (χ3v) is 6.83. The second-order valence-corrected chi connectivity index (χ2v) is 9.32. The molecule has 1 N–H and O–H groups in total. The summed E-state index contributed by atoms with van der Waals surface area (Å²) in [7, 11) is -2.35. The van der Waals surface area contributed by atoms with E-state index in [1.165, 1.54) is 18.2 Å². The third-order valence-electron chi connectivity index (χ3n) is 4.92. The van der Waals surface area contributed by atoms with E-state index in [2.05, 4.69) is 9.71 Å². The van der Waals surface area contributed by atoms with E-state index in [1.807, 2.05) is 12.1 Å². The summed E-state index contributed by atoms with van der Waals surface area (Å²) in [5, 5.41) is 0.0459. The van der Waals surface area contributed by atoms with E-state index >= 15 is 0 Å². The average molecular weight is 468 g/mol. The molecule has 1 aromatic carbocycles. The number of amides is 1. The maximum Gasteiger partial charge on any atom is 0.254 e. The Kier molecular flexibility index (Phi) is 8.39. The van der Waals surface area contributed by atoms with Crippen LogP contribution in [0.25, 0.3) is 0 Å². The number of nitrogens with one attached hydrogen (secondary N) is 1. The van der Waals surface area contributed by atoms with Crippen LogP contribution in [0.2, 0.25) is 5.02 Å². The van der Waals surface area contributed by atoms with Gasteiger partial charge in [-0.2, -0.15) is 0 Å². The van der Waals surface area contributed by atoms with Gasteiger partial charge in [-0.25, -0.2) is 13.1 Å². The maximum absolute atomic E-state index is 13.2. The molecule has 1 aliphatic rings. The first-order chi connectivity index (χ1) is 14.9. The number of carbonyl (C=O) groups excluding carboxylic acids is 1. The Hall–Kier alpha value is -2.04. The Morgan fingerprint density at radius 1 is 1.35 bits per heavy atom. The van der Waals surface area contributed by atoms with Gasteiger partial charge in [-0.1, -0.05) is 17.7 Å². The second kappa shape index (κ2) is 11.0. The molecule has 0 aliphatic carbocycles. The van der Waals surface area contributed by atoms with E-state index in [1.54, 1.807) is 24.3 Å². The molecule has 2 aromatic rings. The molecule has 0 saturated carbocycles. The van der Waals surface area contributed by atoms with E-state index < -0.39 is 10.0 Å². The molecule has 1 unspecified atom stereocenters. The number of methoxy groups -OCH3 is 1. The van der Waals surface area contributed by atoms with E-state index in [0.717, 1.165) is 12.8 Å². The van der Waals surface area contributed by atoms with Crippen LogP contribution in [0.15, 0.2) is 47.5 Å². The summed E-state index contributed by atoms with van der Waals surface area (Å²) in [6.45, 7) is 1.72. The number of hydrogen-bond donors (Lipinski definition) is 1. The van der Waals surface area contributed by atoms with Gasteiger partial charge < -0.3 is 14.4 Å². The van der Waals surface area contributed by atoms with Crippen LogP contribution in [0.5, 0.6) is 0 Å². The summed E-state index contributed by atoms with van der Waals surface area (Å²) in [5.74, 6) is -0.338. The molecule has 0 bridgehead atoms. The van der Waals surface area contributed by atoms with Crippen LogP contribution >= 0.6 is 11.6 Å². The minimum absolute atomic E-state index is 0.0459. The van der Waals surface area contributed by atoms with Crippen LogP contribution in [0, 0.1) is 0 Å². The predicted octanol–water partition coefficient (Wildman–Crippen LogP) is 2.48. The molecular formula is C21H26ClN3O5S. The average Bonchev–Trinajstić information content (AvgIpc) is 3.29. The number of hydrogen-bond acceptors (Lipinski definition) is 6. The second-order valence-electron chi connectivity index (χ2n) is 7.17. The highest BCUT2D eigenvalue weighted by Gasteiger charge is 2.25. The number of ether oxygens (including phenoxy) is 2. The SMILES string of the molecule is COCCN(Cc1ccccn1)C(=O)c1ccc(Cl)c(S(=O)(=O)NCC2CCCO2)c1. The zero-order chi connectivity index (χ0) is 22.3. The Labute approximate surface area is 187 Å². The first kappa shape index (κ1) is 23.6. The molecule has 1 atom stereocenters. The number of pyridine rings is 1. The van der Waals surface area contributed by atoms with Gasteiger partial charge in [0.05, 0.1) is 30.0 Å². The van der Waals surface area contributed by atoms with Crippen molar-refractivity contribution in [1.82, 2.24) is 14.6 Å². The summed E-state index contributed by atoms with van der Waals surface area (Å²) in [5.41, 5.74) is 0.931. The van der Waals surface area contributed by atoms with Crippen molar-refractivity contribution in [1.29, 1.82) is 0 Å². The predicted molar refractivity (Wildman–Crippen MR) is 116 cm³/mol. The van der Waals surface area contributed by atoms with Crippen LogP contribution in [0.3, 0.4) is 0 Å². The summed E-state index contributed by atoms with van der Waals surface area (Å²) in [4.78, 5) is 18.9. The molecule has 1 aliphatic heterocycles. The van der Waals surface area contributed by atoms with Gasteiger partial charge >= 0.3 is 0 Å². The summed E-state index contributed by atoms with van der Waals surface area (Å²) in [6, 6.07) is 9.70. The molecule has 1 fully saturated rings. The molecule has 1 saturated heterocycles. The van der Waals surface area contributed by atoms with Gasteiger partial charge in [-0.3, -0.25) is 9.78 Å². The van der Waals surface area contributed by atoms with Crippen LogP contribution in [0.1, 0.15) is 28.9 Å². The highest BCUT2D eigenvalue weighted by molar-refractivity contribution is 7.89. The highest BCUT2D eigenvalue weighted by atomic mass is 35.5. The lowest BCUT2D eigenvalue weighted by molar-refractivity contribution is 0.0677. The first-order valence-corrected chi connectivity index (χ1v) is 11.9. The molecule has 1 amide bonds. The smallest absolute Gasteiger partial charge is 0.254 e. The van der Waals surface area contributed by atoms with E-state index in [9.17, 15) is 13.2 Å². The van der Waals surface area contributed by atoms with E-state index in [4.69, 9.17) is 21.1 Å². The van der Waals surface area contributed by atoms with E-state index in [-0.39, 0.29) is 40.6 Å². The Balaban J connectivity index is 1.80. The fraction of sp³-hybridized carbons (Fsp3) is 0.429. The number of carbonyl (C=O) groups is 1. The molecule has 1 aromatic heterocycles. The van der Waals surface area contributed by atoms with Crippen molar-refractivity contribution in [3.05, 3.63) is 58.9 Å². The Bertz CT molecular complexity index is 982. The third kappa shape index (κ3) is 6.47. The van der Waals surface area contributed by atoms with Crippen LogP contribution in [-0.2, 0) is 26.0 Å². The number of nitrogens with zero attached hydrogens (tertiary/aromatic N) is 2. The van der Waals surface area contributed by atoms with Crippen molar-refractivity contribution in [2.45, 2.75) is 30.4 Å². The van der Waals surface area contributed by atoms with Gasteiger partial charge in [0.1, 0.15) is 4.90 Å². The maximum atomic E-state index is 13.2. The van der Waals surface area contributed by atoms with Crippen molar-refractivity contribution in [2.24, 2.45) is 0 Å². The molecule has 31 heavy (non-hydrogen) atoms. The van der Waals surface area contributed by atoms with Gasteiger partial charge in [0.15, 0.2) is 0 Å². The first-order valence-electron chi connectivity index (χ1n) is 9.99. The topological polar surface area (TPSA) is 97.8 Å². The van der Waals surface area contributed by atoms with Crippen molar-refractivity contribution in [3.63, 3.8) is 0 Å². The minimum Gasteiger partial charge on any atom is -0.383 e. The quantitative estimate of drug-likeness (QED) is 0.576. The molecule has 10 heteroatoms. The Morgan fingerprint density at radius 2 is 2.19 bits per heavy atom. The van der Waals surface area contributed by atoms with Gasteiger partial charge in [0.2, 0.25) is 10.0 Å². The van der Waals surface area contributed by atoms with Crippen molar-refractivity contribution >= 4 is 27.5 Å². The van der Waals surface area contributed by atoms with Gasteiger partial charge in [-0.05, 0) is 43.2 Å². The van der Waals surface area contributed by atoms with Crippen LogP contribution in [-0.4, -0.2) is 63.7 Å². The van der Waals surface area contributed by atoms with Gasteiger partial charge in [0, 0.05) is 38.6 Å². The molecule has 3 rings (SSSR count). The standard InChI is InChI=1S/C21H26ClN3O5S/c1-29-12-10-25(15-17-5-2-3-9-23-17)21(26)16-7-8-19(22)20(13-16)31(27,28)24-14-18-6-4-11-30-18/h2-3,5,7-9,13,18,24H,4,6,10-12,14-15H2,1H3. The monoisotopic (exact) mass is 467 g/mol. The lowest BCUT2D eigenvalue weighted by Crippen LogP contribution is -2.34. The van der Waals surface area contributed by atoms with Crippen molar-refractivity contribution < 1.29 is 22.7 Å². The minimum atomic E-state index is -3.91. The number of benzene rings is 1. The van der Waals surface area contributed by atoms with Crippen LogP contribution < -0.4 is 4.72 Å². The summed E-state index contributed by atoms with van der Waals surface area (Å²) in [6.07, 6.45) is 3.21. The van der Waals surface area contributed by atoms with Gasteiger partial charge in [-0.15, -0.1) is 0 Å². The number of rotatable bonds is 10. The van der Waals surface area contributed by atoms with Crippen LogP contribution in [0.4, 0.5) is 0 Å². The molecule has 2 heterocycles. The lowest BCUT2D eigenvalue weighted by atomic mass is 10.2. The largest absolute Gasteiger partial charge is 0.383 e. The molecule has 0 radical (unpaired) electrons. The zero-order valence-corrected chi connectivity index (χ0v) is 18.9. The molecule has 8 nitrogen and oxygen atoms in total. The molecule has 0 spiro atoms. The number of aromatic nitrogens is 1. The van der Waals surface area contributed by atoms with Crippen molar-refractivity contribution in [2.75, 3.05) is 33.4 Å².